The predicted molar refractivity (Wildman–Crippen MR) is 74.0 cm³/mol. The number of pyridine rings is 1. The molecule has 0 aliphatic carbocycles. The van der Waals surface area contributed by atoms with Gasteiger partial charge in [0.15, 0.2) is 0 Å². The van der Waals surface area contributed by atoms with Gasteiger partial charge in [-0.3, -0.25) is 4.98 Å². The van der Waals surface area contributed by atoms with Gasteiger partial charge in [-0.05, 0) is 24.3 Å². The van der Waals surface area contributed by atoms with Gasteiger partial charge in [-0.1, -0.05) is 23.7 Å². The molecule has 0 spiro atoms. The molecule has 0 saturated heterocycles. The molecule has 3 heteroatoms. The van der Waals surface area contributed by atoms with Crippen LogP contribution in [-0.2, 0) is 0 Å². The number of rotatable bonds is 0. The third kappa shape index (κ3) is 1.27. The molecule has 86 valence electrons. The Hall–Kier alpha value is -2.06. The van der Waals surface area contributed by atoms with Crippen molar-refractivity contribution in [2.75, 3.05) is 0 Å². The van der Waals surface area contributed by atoms with Crippen molar-refractivity contribution in [2.45, 2.75) is 0 Å². The van der Waals surface area contributed by atoms with E-state index in [0.717, 1.165) is 32.8 Å². The summed E-state index contributed by atoms with van der Waals surface area (Å²) < 4.78 is 5.92. The second-order valence-electron chi connectivity index (χ2n) is 4.26. The maximum absolute atomic E-state index is 5.99. The lowest BCUT2D eigenvalue weighted by Gasteiger charge is -1.96. The van der Waals surface area contributed by atoms with E-state index in [1.165, 1.54) is 0 Å². The highest BCUT2D eigenvalue weighted by Gasteiger charge is 2.10. The van der Waals surface area contributed by atoms with Gasteiger partial charge in [-0.2, -0.15) is 0 Å². The Bertz CT molecular complexity index is 895. The third-order valence-corrected chi connectivity index (χ3v) is 3.41. The number of furan rings is 1. The van der Waals surface area contributed by atoms with Gasteiger partial charge < -0.3 is 4.42 Å². The Labute approximate surface area is 108 Å². The lowest BCUT2D eigenvalue weighted by Crippen LogP contribution is -1.77. The van der Waals surface area contributed by atoms with Crippen LogP contribution >= 0.6 is 11.6 Å². The molecular weight excluding hydrogens is 246 g/mol. The maximum atomic E-state index is 5.99. The molecule has 0 atom stereocenters. The summed E-state index contributed by atoms with van der Waals surface area (Å²) in [6, 6.07) is 13.6. The topological polar surface area (TPSA) is 26.0 Å². The van der Waals surface area contributed by atoms with E-state index in [1.807, 2.05) is 48.7 Å². The maximum Gasteiger partial charge on any atom is 0.146 e. The molecule has 4 rings (SSSR count). The van der Waals surface area contributed by atoms with Crippen molar-refractivity contribution in [3.8, 4) is 0 Å². The van der Waals surface area contributed by atoms with Crippen molar-refractivity contribution in [2.24, 2.45) is 0 Å². The molecule has 0 unspecified atom stereocenters. The number of fused-ring (bicyclic) bond motifs is 5. The molecule has 4 aromatic rings. The first-order valence-electron chi connectivity index (χ1n) is 5.68. The van der Waals surface area contributed by atoms with Crippen molar-refractivity contribution in [1.29, 1.82) is 0 Å². The molecule has 0 aliphatic heterocycles. The summed E-state index contributed by atoms with van der Waals surface area (Å²) in [6.45, 7) is 0. The van der Waals surface area contributed by atoms with Gasteiger partial charge in [0.2, 0.25) is 0 Å². The van der Waals surface area contributed by atoms with E-state index in [4.69, 9.17) is 16.0 Å². The van der Waals surface area contributed by atoms with E-state index in [-0.39, 0.29) is 0 Å². The molecule has 0 aliphatic rings. The summed E-state index contributed by atoms with van der Waals surface area (Å²) in [6.07, 6.45) is 1.86. The van der Waals surface area contributed by atoms with Crippen molar-refractivity contribution in [3.63, 3.8) is 0 Å². The van der Waals surface area contributed by atoms with Crippen LogP contribution in [0.25, 0.3) is 32.8 Å². The minimum atomic E-state index is 0.679. The van der Waals surface area contributed by atoms with Crippen LogP contribution in [0.3, 0.4) is 0 Å². The summed E-state index contributed by atoms with van der Waals surface area (Å²) in [7, 11) is 0. The molecule has 0 amide bonds. The zero-order valence-corrected chi connectivity index (χ0v) is 10.1. The minimum Gasteiger partial charge on any atom is -0.455 e. The van der Waals surface area contributed by atoms with Crippen LogP contribution in [0, 0.1) is 0 Å². The van der Waals surface area contributed by atoms with Crippen LogP contribution < -0.4 is 0 Å². The van der Waals surface area contributed by atoms with E-state index >= 15 is 0 Å². The zero-order chi connectivity index (χ0) is 12.1. The van der Waals surface area contributed by atoms with Crippen molar-refractivity contribution >= 4 is 44.4 Å². The van der Waals surface area contributed by atoms with Crippen LogP contribution in [0.15, 0.2) is 53.1 Å². The quantitative estimate of drug-likeness (QED) is 0.450. The minimum absolute atomic E-state index is 0.679. The van der Waals surface area contributed by atoms with Gasteiger partial charge in [0.05, 0.1) is 5.52 Å². The number of benzene rings is 2. The van der Waals surface area contributed by atoms with Crippen LogP contribution in [0.5, 0.6) is 0 Å². The summed E-state index contributed by atoms with van der Waals surface area (Å²) in [4.78, 5) is 4.46. The highest BCUT2D eigenvalue weighted by atomic mass is 35.5. The Kier molecular flexibility index (Phi) is 1.91. The number of hydrogen-bond acceptors (Lipinski definition) is 2. The number of para-hydroxylation sites is 1. The van der Waals surface area contributed by atoms with E-state index in [2.05, 4.69) is 4.98 Å². The summed E-state index contributed by atoms with van der Waals surface area (Å²) in [5.74, 6) is 0. The Morgan fingerprint density at radius 3 is 2.78 bits per heavy atom. The molecule has 2 nitrogen and oxygen atoms in total. The standard InChI is InChI=1S/C15H8ClNO/c16-9-5-6-10-12-8-17-13-4-2-1-3-11(13)15(12)18-14(10)7-9/h1-8H. The van der Waals surface area contributed by atoms with Gasteiger partial charge >= 0.3 is 0 Å². The molecule has 2 heterocycles. The molecule has 2 aromatic carbocycles. The first kappa shape index (κ1) is 9.92. The van der Waals surface area contributed by atoms with Crippen molar-refractivity contribution in [3.05, 3.63) is 53.7 Å². The van der Waals surface area contributed by atoms with Crippen LogP contribution in [-0.4, -0.2) is 4.98 Å². The molecule has 0 fully saturated rings. The normalized spacial score (nSPS) is 11.6. The monoisotopic (exact) mass is 253 g/mol. The third-order valence-electron chi connectivity index (χ3n) is 3.17. The second kappa shape index (κ2) is 3.47. The van der Waals surface area contributed by atoms with E-state index in [1.54, 1.807) is 0 Å². The Morgan fingerprint density at radius 1 is 0.944 bits per heavy atom. The second-order valence-corrected chi connectivity index (χ2v) is 4.70. The first-order chi connectivity index (χ1) is 8.83. The molecule has 0 bridgehead atoms. The molecule has 0 saturated carbocycles. The Morgan fingerprint density at radius 2 is 1.83 bits per heavy atom. The van der Waals surface area contributed by atoms with Gasteiger partial charge in [0, 0.05) is 33.4 Å². The fraction of sp³-hybridized carbons (Fsp3) is 0. The molecule has 18 heavy (non-hydrogen) atoms. The van der Waals surface area contributed by atoms with Gasteiger partial charge in [0.25, 0.3) is 0 Å². The summed E-state index contributed by atoms with van der Waals surface area (Å²) >= 11 is 5.99. The Balaban J connectivity index is 2.29. The number of nitrogens with zero attached hydrogens (tertiary/aromatic N) is 1. The smallest absolute Gasteiger partial charge is 0.146 e. The predicted octanol–water partition coefficient (Wildman–Crippen LogP) is 4.79. The van der Waals surface area contributed by atoms with E-state index < -0.39 is 0 Å². The largest absolute Gasteiger partial charge is 0.455 e. The van der Waals surface area contributed by atoms with Gasteiger partial charge in [0.1, 0.15) is 11.2 Å². The van der Waals surface area contributed by atoms with Gasteiger partial charge in [-0.15, -0.1) is 0 Å². The van der Waals surface area contributed by atoms with E-state index in [9.17, 15) is 0 Å². The number of halogens is 1. The molecular formula is C15H8ClNO. The van der Waals surface area contributed by atoms with Crippen molar-refractivity contribution in [1.82, 2.24) is 4.98 Å². The molecule has 2 aromatic heterocycles. The van der Waals surface area contributed by atoms with Crippen LogP contribution in [0.4, 0.5) is 0 Å². The van der Waals surface area contributed by atoms with Crippen LogP contribution in [0.2, 0.25) is 5.02 Å². The lowest BCUT2D eigenvalue weighted by molar-refractivity contribution is 0.672. The van der Waals surface area contributed by atoms with Crippen molar-refractivity contribution < 1.29 is 4.42 Å². The summed E-state index contributed by atoms with van der Waals surface area (Å²) in [5, 5.41) is 3.79. The average molecular weight is 254 g/mol. The molecule has 0 N–H and O–H groups in total. The first-order valence-corrected chi connectivity index (χ1v) is 6.06. The molecule has 0 radical (unpaired) electrons. The highest BCUT2D eigenvalue weighted by molar-refractivity contribution is 6.31. The average Bonchev–Trinajstić information content (AvgIpc) is 2.76. The SMILES string of the molecule is Clc1ccc2c(c1)oc1c3ccccc3ncc21. The fourth-order valence-corrected chi connectivity index (χ4v) is 2.49. The zero-order valence-electron chi connectivity index (χ0n) is 9.35. The van der Waals surface area contributed by atoms with E-state index in [0.29, 0.717) is 5.02 Å². The lowest BCUT2D eigenvalue weighted by atomic mass is 10.1. The van der Waals surface area contributed by atoms with Gasteiger partial charge in [-0.25, -0.2) is 0 Å². The van der Waals surface area contributed by atoms with Crippen LogP contribution in [0.1, 0.15) is 0 Å². The highest BCUT2D eigenvalue weighted by Crippen LogP contribution is 2.33. The number of aromatic nitrogens is 1. The number of hydrogen-bond donors (Lipinski definition) is 0. The fourth-order valence-electron chi connectivity index (χ4n) is 2.33. The summed E-state index contributed by atoms with van der Waals surface area (Å²) in [5.41, 5.74) is 2.61.